The summed E-state index contributed by atoms with van der Waals surface area (Å²) in [5.74, 6) is -0.993. The number of hydrogen-bond acceptors (Lipinski definition) is 3. The van der Waals surface area contributed by atoms with Gasteiger partial charge in [0.2, 0.25) is 15.9 Å². The van der Waals surface area contributed by atoms with Crippen molar-refractivity contribution in [2.24, 2.45) is 5.92 Å². The van der Waals surface area contributed by atoms with Crippen molar-refractivity contribution < 1.29 is 17.6 Å². The van der Waals surface area contributed by atoms with Crippen LogP contribution in [0, 0.1) is 18.7 Å². The molecule has 1 fully saturated rings. The lowest BCUT2D eigenvalue weighted by atomic mass is 10.1. The Morgan fingerprint density at radius 1 is 1.16 bits per heavy atom. The van der Waals surface area contributed by atoms with Gasteiger partial charge in [0, 0.05) is 25.2 Å². The molecule has 1 atom stereocenters. The maximum atomic E-state index is 13.7. The van der Waals surface area contributed by atoms with E-state index in [1.54, 1.807) is 4.90 Å². The van der Waals surface area contributed by atoms with Crippen LogP contribution in [0.15, 0.2) is 53.4 Å². The van der Waals surface area contributed by atoms with Crippen LogP contribution in [-0.2, 0) is 14.8 Å². The Morgan fingerprint density at radius 2 is 1.84 bits per heavy atom. The van der Waals surface area contributed by atoms with Gasteiger partial charge in [0.1, 0.15) is 10.7 Å². The summed E-state index contributed by atoms with van der Waals surface area (Å²) in [5.41, 5.74) is 1.90. The highest BCUT2D eigenvalue weighted by molar-refractivity contribution is 7.89. The molecule has 0 bridgehead atoms. The van der Waals surface area contributed by atoms with Crippen LogP contribution in [0.4, 0.5) is 10.1 Å². The maximum Gasteiger partial charge on any atom is 0.243 e. The largest absolute Gasteiger partial charge is 0.312 e. The molecule has 5 nitrogen and oxygen atoms in total. The van der Waals surface area contributed by atoms with Crippen LogP contribution < -0.4 is 9.62 Å². The number of anilines is 1. The molecule has 0 spiro atoms. The second-order valence-electron chi connectivity index (χ2n) is 6.19. The molecule has 132 valence electrons. The molecule has 1 heterocycles. The third-order valence-corrected chi connectivity index (χ3v) is 5.70. The Morgan fingerprint density at radius 3 is 2.52 bits per heavy atom. The van der Waals surface area contributed by atoms with Gasteiger partial charge in [0.05, 0.1) is 0 Å². The summed E-state index contributed by atoms with van der Waals surface area (Å²) in [6.07, 6.45) is 0.258. The normalized spacial score (nSPS) is 17.9. The fraction of sp³-hybridized carbons (Fsp3) is 0.278. The van der Waals surface area contributed by atoms with Crippen LogP contribution in [-0.4, -0.2) is 27.4 Å². The smallest absolute Gasteiger partial charge is 0.243 e. The Labute approximate surface area is 146 Å². The highest BCUT2D eigenvalue weighted by Crippen LogP contribution is 2.25. The third-order valence-electron chi connectivity index (χ3n) is 4.24. The number of rotatable bonds is 5. The van der Waals surface area contributed by atoms with Gasteiger partial charge in [-0.3, -0.25) is 4.79 Å². The van der Waals surface area contributed by atoms with E-state index in [2.05, 4.69) is 4.72 Å². The van der Waals surface area contributed by atoms with Crippen LogP contribution in [0.3, 0.4) is 0 Å². The van der Waals surface area contributed by atoms with Crippen LogP contribution in [0.25, 0.3) is 0 Å². The molecular weight excluding hydrogens is 343 g/mol. The van der Waals surface area contributed by atoms with Gasteiger partial charge in [0.25, 0.3) is 0 Å². The minimum atomic E-state index is -3.94. The van der Waals surface area contributed by atoms with Gasteiger partial charge in [0.15, 0.2) is 0 Å². The van der Waals surface area contributed by atoms with Crippen LogP contribution in [0.5, 0.6) is 0 Å². The summed E-state index contributed by atoms with van der Waals surface area (Å²) >= 11 is 0. The summed E-state index contributed by atoms with van der Waals surface area (Å²) in [5, 5.41) is 0. The molecule has 2 aromatic rings. The van der Waals surface area contributed by atoms with Crippen molar-refractivity contribution in [3.05, 3.63) is 59.9 Å². The van der Waals surface area contributed by atoms with E-state index < -0.39 is 15.8 Å². The van der Waals surface area contributed by atoms with Crippen molar-refractivity contribution in [2.45, 2.75) is 18.2 Å². The molecule has 1 N–H and O–H groups in total. The van der Waals surface area contributed by atoms with Crippen molar-refractivity contribution in [1.82, 2.24) is 4.72 Å². The van der Waals surface area contributed by atoms with E-state index in [1.807, 2.05) is 31.2 Å². The number of amides is 1. The van der Waals surface area contributed by atoms with E-state index in [0.717, 1.165) is 17.3 Å². The number of nitrogens with one attached hydrogen (secondary N) is 1. The Balaban J connectivity index is 1.66. The highest BCUT2D eigenvalue weighted by atomic mass is 32.2. The molecule has 0 aliphatic carbocycles. The quantitative estimate of drug-likeness (QED) is 0.889. The number of nitrogens with zero attached hydrogens (tertiary/aromatic N) is 1. The van der Waals surface area contributed by atoms with Crippen molar-refractivity contribution in [2.75, 3.05) is 18.0 Å². The zero-order chi connectivity index (χ0) is 18.0. The lowest BCUT2D eigenvalue weighted by Crippen LogP contribution is -2.31. The van der Waals surface area contributed by atoms with E-state index in [-0.39, 0.29) is 29.7 Å². The number of hydrogen-bond donors (Lipinski definition) is 1. The average molecular weight is 362 g/mol. The van der Waals surface area contributed by atoms with Gasteiger partial charge in [-0.05, 0) is 37.1 Å². The summed E-state index contributed by atoms with van der Waals surface area (Å²) in [7, 11) is -3.94. The molecule has 1 aliphatic rings. The minimum Gasteiger partial charge on any atom is -0.312 e. The summed E-state index contributed by atoms with van der Waals surface area (Å²) in [4.78, 5) is 13.5. The molecular formula is C18H19FN2O3S. The number of carbonyl (C=O) groups excluding carboxylic acids is 1. The SMILES string of the molecule is Cc1ccc(N2C[C@H](CNS(=O)(=O)c3ccccc3F)CC2=O)cc1. The molecule has 1 saturated heterocycles. The molecule has 1 aliphatic heterocycles. The number of aryl methyl sites for hydroxylation is 1. The molecule has 0 saturated carbocycles. The lowest BCUT2D eigenvalue weighted by Gasteiger charge is -2.17. The first-order chi connectivity index (χ1) is 11.9. The van der Waals surface area contributed by atoms with Crippen molar-refractivity contribution >= 4 is 21.6 Å². The maximum absolute atomic E-state index is 13.7. The Kier molecular flexibility index (Phi) is 4.87. The second-order valence-corrected chi connectivity index (χ2v) is 7.93. The first-order valence-corrected chi connectivity index (χ1v) is 9.46. The zero-order valence-electron chi connectivity index (χ0n) is 13.8. The van der Waals surface area contributed by atoms with Gasteiger partial charge in [-0.25, -0.2) is 17.5 Å². The van der Waals surface area contributed by atoms with Gasteiger partial charge < -0.3 is 4.90 Å². The van der Waals surface area contributed by atoms with Crippen LogP contribution >= 0.6 is 0 Å². The monoisotopic (exact) mass is 362 g/mol. The predicted octanol–water partition coefficient (Wildman–Crippen LogP) is 2.47. The zero-order valence-corrected chi connectivity index (χ0v) is 14.6. The van der Waals surface area contributed by atoms with Crippen molar-refractivity contribution in [1.29, 1.82) is 0 Å². The predicted molar refractivity (Wildman–Crippen MR) is 93.2 cm³/mol. The molecule has 7 heteroatoms. The molecule has 2 aromatic carbocycles. The number of benzene rings is 2. The molecule has 0 radical (unpaired) electrons. The molecule has 0 unspecified atom stereocenters. The van der Waals surface area contributed by atoms with Crippen LogP contribution in [0.2, 0.25) is 0 Å². The lowest BCUT2D eigenvalue weighted by molar-refractivity contribution is -0.117. The van der Waals surface area contributed by atoms with Crippen LogP contribution in [0.1, 0.15) is 12.0 Å². The fourth-order valence-corrected chi connectivity index (χ4v) is 4.05. The minimum absolute atomic E-state index is 0.0426. The van der Waals surface area contributed by atoms with E-state index in [9.17, 15) is 17.6 Å². The molecule has 3 rings (SSSR count). The topological polar surface area (TPSA) is 66.5 Å². The van der Waals surface area contributed by atoms with E-state index >= 15 is 0 Å². The average Bonchev–Trinajstić information content (AvgIpc) is 2.95. The number of carbonyl (C=O) groups is 1. The van der Waals surface area contributed by atoms with Gasteiger partial charge >= 0.3 is 0 Å². The molecule has 1 amide bonds. The van der Waals surface area contributed by atoms with E-state index in [0.29, 0.717) is 6.54 Å². The second kappa shape index (κ2) is 6.93. The Hall–Kier alpha value is -2.25. The van der Waals surface area contributed by atoms with Gasteiger partial charge in [-0.1, -0.05) is 29.8 Å². The summed E-state index contributed by atoms with van der Waals surface area (Å²) in [6.45, 7) is 2.49. The first kappa shape index (κ1) is 17.6. The Bertz CT molecular complexity index is 881. The standard InChI is InChI=1S/C18H19FN2O3S/c1-13-6-8-15(9-7-13)21-12-14(10-18(21)22)11-20-25(23,24)17-5-3-2-4-16(17)19/h2-9,14,20H,10-12H2,1H3/t14-/m0/s1. The highest BCUT2D eigenvalue weighted by Gasteiger charge is 2.31. The third kappa shape index (κ3) is 3.88. The van der Waals surface area contributed by atoms with E-state index in [4.69, 9.17) is 0 Å². The summed E-state index contributed by atoms with van der Waals surface area (Å²) in [6, 6.07) is 12.8. The number of halogens is 1. The van der Waals surface area contributed by atoms with Gasteiger partial charge in [-0.2, -0.15) is 0 Å². The molecule has 25 heavy (non-hydrogen) atoms. The summed E-state index contributed by atoms with van der Waals surface area (Å²) < 4.78 is 40.6. The molecule has 0 aromatic heterocycles. The van der Waals surface area contributed by atoms with Crippen molar-refractivity contribution in [3.63, 3.8) is 0 Å². The van der Waals surface area contributed by atoms with Crippen molar-refractivity contribution in [3.8, 4) is 0 Å². The van der Waals surface area contributed by atoms with E-state index in [1.165, 1.54) is 18.2 Å². The van der Waals surface area contributed by atoms with Gasteiger partial charge in [-0.15, -0.1) is 0 Å². The first-order valence-electron chi connectivity index (χ1n) is 7.98. The number of sulfonamides is 1. The fourth-order valence-electron chi connectivity index (χ4n) is 2.86.